The molecule has 10 nitrogen and oxygen atoms in total. The number of hydrogen-bond donors (Lipinski definition) is 1. The number of carbonyl (C=O) groups is 1. The van der Waals surface area contributed by atoms with Gasteiger partial charge in [-0.3, -0.25) is 9.69 Å². The number of amides is 1. The molecule has 0 spiro atoms. The van der Waals surface area contributed by atoms with Crippen LogP contribution < -0.4 is 19.3 Å². The molecule has 0 aromatic heterocycles. The maximum Gasteiger partial charge on any atom is 0.301 e. The molecule has 1 saturated heterocycles. The number of allylic oxidation sites excluding steroid dienone is 2. The van der Waals surface area contributed by atoms with Gasteiger partial charge in [0.2, 0.25) is 18.9 Å². The minimum atomic E-state index is -4.15. The second-order valence-corrected chi connectivity index (χ2v) is 13.2. The van der Waals surface area contributed by atoms with Crippen molar-refractivity contribution in [1.82, 2.24) is 14.1 Å². The van der Waals surface area contributed by atoms with Gasteiger partial charge in [0.15, 0.2) is 11.5 Å². The summed E-state index contributed by atoms with van der Waals surface area (Å²) in [5, 5.41) is 6.25. The van der Waals surface area contributed by atoms with Crippen molar-refractivity contribution in [3.63, 3.8) is 0 Å². The topological polar surface area (TPSA) is 115 Å². The van der Waals surface area contributed by atoms with Gasteiger partial charge in [0.25, 0.3) is 0 Å². The number of nitrogens with zero attached hydrogens (tertiary/aromatic N) is 3. The van der Waals surface area contributed by atoms with Gasteiger partial charge in [-0.1, -0.05) is 53.5 Å². The lowest BCUT2D eigenvalue weighted by atomic mass is 10.0. The van der Waals surface area contributed by atoms with Gasteiger partial charge in [-0.15, -0.1) is 0 Å². The van der Waals surface area contributed by atoms with Crippen LogP contribution in [0.4, 0.5) is 0 Å². The fraction of sp³-hybridized carbons (Fsp3) is 0.281. The fourth-order valence-electron chi connectivity index (χ4n) is 5.42. The van der Waals surface area contributed by atoms with Crippen LogP contribution in [0.2, 0.25) is 10.0 Å². The molecule has 1 atom stereocenters. The molecule has 3 aromatic carbocycles. The monoisotopic (exact) mass is 670 g/mol. The third-order valence-electron chi connectivity index (χ3n) is 7.88. The molecule has 236 valence electrons. The number of fused-ring (bicyclic) bond motifs is 1. The van der Waals surface area contributed by atoms with Gasteiger partial charge < -0.3 is 19.1 Å². The first-order chi connectivity index (χ1) is 21.6. The summed E-state index contributed by atoms with van der Waals surface area (Å²) in [4.78, 5) is 17.2. The van der Waals surface area contributed by atoms with E-state index in [0.717, 1.165) is 46.6 Å². The van der Waals surface area contributed by atoms with Crippen LogP contribution in [-0.4, -0.2) is 67.6 Å². The number of aryl methyl sites for hydroxylation is 1. The second-order valence-electron chi connectivity index (χ2n) is 10.9. The Morgan fingerprint density at radius 3 is 2.38 bits per heavy atom. The smallest absolute Gasteiger partial charge is 0.301 e. The van der Waals surface area contributed by atoms with Crippen molar-refractivity contribution in [3.05, 3.63) is 106 Å². The van der Waals surface area contributed by atoms with Gasteiger partial charge >= 0.3 is 10.2 Å². The van der Waals surface area contributed by atoms with Crippen LogP contribution in [0.1, 0.15) is 23.1 Å². The Morgan fingerprint density at radius 2 is 1.64 bits per heavy atom. The minimum Gasteiger partial charge on any atom is -0.466 e. The van der Waals surface area contributed by atoms with E-state index in [0.29, 0.717) is 52.9 Å². The van der Waals surface area contributed by atoms with Gasteiger partial charge in [0, 0.05) is 45.3 Å². The van der Waals surface area contributed by atoms with Crippen molar-refractivity contribution < 1.29 is 27.4 Å². The fourth-order valence-corrected chi connectivity index (χ4v) is 6.38. The summed E-state index contributed by atoms with van der Waals surface area (Å²) in [5.41, 5.74) is 3.39. The van der Waals surface area contributed by atoms with Gasteiger partial charge in [0.1, 0.15) is 5.75 Å². The molecule has 0 bridgehead atoms. The first-order valence-electron chi connectivity index (χ1n) is 14.4. The normalized spacial score (nSPS) is 18.2. The average molecular weight is 672 g/mol. The van der Waals surface area contributed by atoms with E-state index >= 15 is 0 Å². The van der Waals surface area contributed by atoms with Crippen LogP contribution >= 0.6 is 23.2 Å². The lowest BCUT2D eigenvalue weighted by Gasteiger charge is -2.35. The number of hydrogen-bond acceptors (Lipinski definition) is 7. The Hall–Kier alpha value is -3.74. The molecule has 45 heavy (non-hydrogen) atoms. The molecule has 0 radical (unpaired) electrons. The summed E-state index contributed by atoms with van der Waals surface area (Å²) in [7, 11) is -4.15. The maximum atomic E-state index is 12.9. The molecule has 3 aliphatic rings. The molecule has 2 N–H and O–H groups in total. The Morgan fingerprint density at radius 1 is 0.911 bits per heavy atom. The number of carbonyl (C=O) groups excluding carboxylic acids is 1. The van der Waals surface area contributed by atoms with Crippen LogP contribution in [0.15, 0.2) is 79.0 Å². The Balaban J connectivity index is 0.989. The van der Waals surface area contributed by atoms with Gasteiger partial charge in [-0.25, -0.2) is 9.44 Å². The molecule has 13 heteroatoms. The summed E-state index contributed by atoms with van der Waals surface area (Å²) < 4.78 is 42.6. The molecule has 0 saturated carbocycles. The van der Waals surface area contributed by atoms with Crippen LogP contribution in [0, 0.1) is 0 Å². The van der Waals surface area contributed by atoms with Crippen molar-refractivity contribution in [2.45, 2.75) is 25.6 Å². The van der Waals surface area contributed by atoms with Crippen molar-refractivity contribution >= 4 is 44.9 Å². The zero-order valence-electron chi connectivity index (χ0n) is 24.3. The van der Waals surface area contributed by atoms with Gasteiger partial charge in [-0.05, 0) is 71.2 Å². The Bertz CT molecular complexity index is 1740. The third-order valence-corrected chi connectivity index (χ3v) is 9.52. The number of nitrogens with two attached hydrogens (primary N) is 1. The highest BCUT2D eigenvalue weighted by molar-refractivity contribution is 7.86. The minimum absolute atomic E-state index is 0.124. The largest absolute Gasteiger partial charge is 0.466 e. The summed E-state index contributed by atoms with van der Waals surface area (Å²) >= 11 is 12.2. The molecule has 3 aromatic rings. The van der Waals surface area contributed by atoms with Crippen LogP contribution in [0.5, 0.6) is 17.2 Å². The summed E-state index contributed by atoms with van der Waals surface area (Å²) in [6.45, 7) is 4.05. The lowest BCUT2D eigenvalue weighted by molar-refractivity contribution is -0.133. The van der Waals surface area contributed by atoms with E-state index in [1.54, 1.807) is 42.5 Å². The SMILES string of the molecule is NS(=O)(=O)N1C=C(c2ccc(Cl)c(Cl)c2)C=CC1Oc1ccc(CCC(=O)N2CCN(Cc3ccc4c(c3)OCO4)CC2)cc1. The average Bonchev–Trinajstić information content (AvgIpc) is 3.50. The molecule has 0 aliphatic carbocycles. The molecular weight excluding hydrogens is 639 g/mol. The zero-order valence-corrected chi connectivity index (χ0v) is 26.6. The van der Waals surface area contributed by atoms with E-state index in [1.807, 2.05) is 29.2 Å². The number of piperazine rings is 1. The number of benzene rings is 3. The summed E-state index contributed by atoms with van der Waals surface area (Å²) in [5.74, 6) is 2.14. The molecule has 1 amide bonds. The highest BCUT2D eigenvalue weighted by Gasteiger charge is 2.28. The predicted molar refractivity (Wildman–Crippen MR) is 172 cm³/mol. The quantitative estimate of drug-likeness (QED) is 0.347. The number of rotatable bonds is 9. The van der Waals surface area contributed by atoms with E-state index in [-0.39, 0.29) is 12.7 Å². The standard InChI is InChI=1S/C32H32Cl2N4O6S/c33-27-9-5-24(18-28(27)34)25-6-12-32(38(20-25)45(35,40)41)44-26-7-1-22(2-8-26)4-11-31(39)37-15-13-36(14-16-37)19-23-3-10-29-30(17-23)43-21-42-29/h1-3,5-10,12,17-18,20,32H,4,11,13-16,19,21H2,(H2,35,40,41). The Kier molecular flexibility index (Phi) is 9.25. The van der Waals surface area contributed by atoms with Crippen LogP contribution in [-0.2, 0) is 28.0 Å². The van der Waals surface area contributed by atoms with Crippen LogP contribution in [0.3, 0.4) is 0 Å². The zero-order chi connectivity index (χ0) is 31.6. The third kappa shape index (κ3) is 7.57. The highest BCUT2D eigenvalue weighted by Crippen LogP contribution is 2.33. The molecule has 3 heterocycles. The van der Waals surface area contributed by atoms with E-state index in [1.165, 1.54) is 6.20 Å². The van der Waals surface area contributed by atoms with E-state index in [4.69, 9.17) is 42.6 Å². The first-order valence-corrected chi connectivity index (χ1v) is 16.7. The predicted octanol–water partition coefficient (Wildman–Crippen LogP) is 4.82. The first kappa shape index (κ1) is 31.3. The second kappa shape index (κ2) is 13.3. The van der Waals surface area contributed by atoms with E-state index in [2.05, 4.69) is 11.0 Å². The Labute approximate surface area is 272 Å². The van der Waals surface area contributed by atoms with Crippen molar-refractivity contribution in [1.29, 1.82) is 0 Å². The van der Waals surface area contributed by atoms with Gasteiger partial charge in [0.05, 0.1) is 10.0 Å². The molecule has 3 aliphatic heterocycles. The number of ether oxygens (including phenoxy) is 3. The van der Waals surface area contributed by atoms with Gasteiger partial charge in [-0.2, -0.15) is 8.42 Å². The summed E-state index contributed by atoms with van der Waals surface area (Å²) in [6, 6.07) is 18.3. The molecule has 1 unspecified atom stereocenters. The number of halogens is 2. The van der Waals surface area contributed by atoms with Crippen molar-refractivity contribution in [3.8, 4) is 17.2 Å². The lowest BCUT2D eigenvalue weighted by Crippen LogP contribution is -2.48. The van der Waals surface area contributed by atoms with Crippen molar-refractivity contribution in [2.24, 2.45) is 5.14 Å². The molecular formula is C32H32Cl2N4O6S. The molecule has 6 rings (SSSR count). The van der Waals surface area contributed by atoms with Crippen LogP contribution in [0.25, 0.3) is 5.57 Å². The van der Waals surface area contributed by atoms with E-state index < -0.39 is 16.4 Å². The van der Waals surface area contributed by atoms with Crippen molar-refractivity contribution in [2.75, 3.05) is 33.0 Å². The molecule has 1 fully saturated rings. The van der Waals surface area contributed by atoms with E-state index in [9.17, 15) is 13.2 Å². The maximum absolute atomic E-state index is 12.9. The summed E-state index contributed by atoms with van der Waals surface area (Å²) in [6.07, 6.45) is 4.74. The highest BCUT2D eigenvalue weighted by atomic mass is 35.5.